The molecule has 3 N–H and O–H groups in total. The molecule has 0 aromatic heterocycles. The van der Waals surface area contributed by atoms with Gasteiger partial charge in [0.2, 0.25) is 17.7 Å². The minimum Gasteiger partial charge on any atom is -0.392 e. The second-order valence-corrected chi connectivity index (χ2v) is 8.56. The topological polar surface area (TPSA) is 98.7 Å². The third kappa shape index (κ3) is 2.27. The third-order valence-electron chi connectivity index (χ3n) is 6.44. The van der Waals surface area contributed by atoms with Gasteiger partial charge in [0.25, 0.3) is 0 Å². The molecule has 1 spiro atoms. The fourth-order valence-corrected chi connectivity index (χ4v) is 5.30. The highest BCUT2D eigenvalue weighted by atomic mass is 35.5. The highest BCUT2D eigenvalue weighted by molar-refractivity contribution is 6.35. The van der Waals surface area contributed by atoms with Crippen molar-refractivity contribution in [2.75, 3.05) is 5.32 Å². The van der Waals surface area contributed by atoms with E-state index >= 15 is 0 Å². The molecule has 6 atom stereocenters. The van der Waals surface area contributed by atoms with E-state index in [1.807, 2.05) is 26.8 Å². The van der Waals surface area contributed by atoms with Gasteiger partial charge in [-0.05, 0) is 38.8 Å². The number of benzene rings is 1. The van der Waals surface area contributed by atoms with Gasteiger partial charge in [-0.2, -0.15) is 0 Å². The summed E-state index contributed by atoms with van der Waals surface area (Å²) in [6, 6.07) is 2.57. The summed E-state index contributed by atoms with van der Waals surface area (Å²) < 4.78 is 0. The lowest BCUT2D eigenvalue weighted by Crippen LogP contribution is -2.55. The Morgan fingerprint density at radius 1 is 1.25 bits per heavy atom. The van der Waals surface area contributed by atoms with E-state index < -0.39 is 35.4 Å². The molecular weight excluding hydrogens is 382 g/mol. The summed E-state index contributed by atoms with van der Waals surface area (Å²) in [5, 5.41) is 16.7. The number of nitrogens with zero attached hydrogens (tertiary/aromatic N) is 1. The maximum Gasteiger partial charge on any atom is 0.250 e. The first kappa shape index (κ1) is 19.4. The number of carbonyl (C=O) groups excluding carboxylic acids is 3. The number of hydrogen-bond donors (Lipinski definition) is 3. The first-order chi connectivity index (χ1) is 13.1. The van der Waals surface area contributed by atoms with Gasteiger partial charge in [-0.15, -0.1) is 0 Å². The largest absolute Gasteiger partial charge is 0.392 e. The van der Waals surface area contributed by atoms with Gasteiger partial charge in [-0.25, -0.2) is 0 Å². The van der Waals surface area contributed by atoms with Gasteiger partial charge in [0.05, 0.1) is 28.6 Å². The number of halogens is 1. The Hall–Kier alpha value is -1.96. The lowest BCUT2D eigenvalue weighted by molar-refractivity contribution is -0.145. The molecule has 3 amide bonds. The summed E-state index contributed by atoms with van der Waals surface area (Å²) in [4.78, 5) is 41.1. The Morgan fingerprint density at radius 2 is 1.93 bits per heavy atom. The smallest absolute Gasteiger partial charge is 0.250 e. The van der Waals surface area contributed by atoms with Crippen LogP contribution in [-0.4, -0.2) is 45.9 Å². The van der Waals surface area contributed by atoms with E-state index in [1.165, 1.54) is 4.90 Å². The molecule has 1 aromatic carbocycles. The number of aliphatic hydroxyl groups excluding tert-OH is 1. The predicted octanol–water partition coefficient (Wildman–Crippen LogP) is 1.55. The number of likely N-dealkylation sites (tertiary alicyclic amines) is 1. The lowest BCUT2D eigenvalue weighted by atomic mass is 9.76. The monoisotopic (exact) mass is 405 g/mol. The average molecular weight is 406 g/mol. The maximum absolute atomic E-state index is 13.4. The van der Waals surface area contributed by atoms with Crippen molar-refractivity contribution in [2.24, 2.45) is 11.8 Å². The number of aryl methyl sites for hydroxylation is 1. The molecule has 8 heteroatoms. The number of amides is 3. The van der Waals surface area contributed by atoms with E-state index in [-0.39, 0.29) is 17.9 Å². The minimum absolute atomic E-state index is 0.276. The number of carbonyl (C=O) groups is 3. The molecule has 3 heterocycles. The molecule has 0 saturated carbocycles. The van der Waals surface area contributed by atoms with Crippen molar-refractivity contribution in [2.45, 2.75) is 57.8 Å². The normalized spacial score (nSPS) is 33.3. The van der Waals surface area contributed by atoms with Crippen molar-refractivity contribution in [1.82, 2.24) is 10.2 Å². The Bertz CT molecular complexity index is 902. The molecule has 2 fully saturated rings. The fraction of sp³-hybridized carbons (Fsp3) is 0.550. The van der Waals surface area contributed by atoms with Crippen LogP contribution in [0.3, 0.4) is 0 Å². The van der Waals surface area contributed by atoms with Crippen LogP contribution in [0.4, 0.5) is 5.69 Å². The zero-order chi connectivity index (χ0) is 20.5. The van der Waals surface area contributed by atoms with Crippen molar-refractivity contribution in [3.63, 3.8) is 0 Å². The molecule has 0 unspecified atom stereocenters. The van der Waals surface area contributed by atoms with Crippen LogP contribution in [0, 0.1) is 18.8 Å². The molecule has 0 radical (unpaired) electrons. The summed E-state index contributed by atoms with van der Waals surface area (Å²) in [6.07, 6.45) is -0.303. The van der Waals surface area contributed by atoms with Gasteiger partial charge in [0.1, 0.15) is 5.54 Å². The molecule has 28 heavy (non-hydrogen) atoms. The number of imide groups is 1. The molecule has 3 aliphatic rings. The SMILES string of the molecule is CC[C@@H](C)N1C(=O)[C@@H]2[C@@H]([C@@H](C)O)N[C@@]3(C(=O)Nc4c(Cl)cc(C)cc43)[C@@H]2C1=O. The molecule has 0 aliphatic carbocycles. The molecule has 3 aliphatic heterocycles. The van der Waals surface area contributed by atoms with Crippen LogP contribution in [0.2, 0.25) is 5.02 Å². The van der Waals surface area contributed by atoms with Gasteiger partial charge in [0, 0.05) is 17.6 Å². The average Bonchev–Trinajstić information content (AvgIpc) is 3.21. The quantitative estimate of drug-likeness (QED) is 0.663. The molecular formula is C20H24ClN3O4. The summed E-state index contributed by atoms with van der Waals surface area (Å²) in [5.41, 5.74) is 0.436. The fourth-order valence-electron chi connectivity index (χ4n) is 4.98. The molecule has 7 nitrogen and oxygen atoms in total. The zero-order valence-corrected chi connectivity index (χ0v) is 17.0. The number of rotatable bonds is 3. The highest BCUT2D eigenvalue weighted by Gasteiger charge is 2.71. The zero-order valence-electron chi connectivity index (χ0n) is 16.2. The summed E-state index contributed by atoms with van der Waals surface area (Å²) in [7, 11) is 0. The standard InChI is InChI=1S/C20H24ClN3O4/c1-5-9(3)24-17(26)13-14(18(24)27)20(23-15(13)10(4)25)11-6-8(2)7-12(21)16(11)22-19(20)28/h6-7,9-10,13-15,23,25H,5H2,1-4H3,(H,22,28)/t9-,10-,13+,14+,15-,20-/m1/s1. The Kier molecular flexibility index (Phi) is 4.34. The van der Waals surface area contributed by atoms with Crippen LogP contribution in [0.15, 0.2) is 12.1 Å². The minimum atomic E-state index is -1.42. The van der Waals surface area contributed by atoms with Crippen molar-refractivity contribution in [3.05, 3.63) is 28.3 Å². The first-order valence-electron chi connectivity index (χ1n) is 9.59. The Morgan fingerprint density at radius 3 is 2.54 bits per heavy atom. The lowest BCUT2D eigenvalue weighted by Gasteiger charge is -2.31. The second-order valence-electron chi connectivity index (χ2n) is 8.15. The number of anilines is 1. The van der Waals surface area contributed by atoms with E-state index in [1.54, 1.807) is 13.0 Å². The van der Waals surface area contributed by atoms with Crippen LogP contribution < -0.4 is 10.6 Å². The summed E-state index contributed by atoms with van der Waals surface area (Å²) in [6.45, 7) is 7.14. The molecule has 2 saturated heterocycles. The van der Waals surface area contributed by atoms with E-state index in [9.17, 15) is 19.5 Å². The van der Waals surface area contributed by atoms with Crippen LogP contribution in [0.5, 0.6) is 0 Å². The van der Waals surface area contributed by atoms with Crippen LogP contribution in [-0.2, 0) is 19.9 Å². The van der Waals surface area contributed by atoms with Crippen molar-refractivity contribution in [1.29, 1.82) is 0 Å². The first-order valence-corrected chi connectivity index (χ1v) is 9.97. The number of fused-ring (bicyclic) bond motifs is 4. The van der Waals surface area contributed by atoms with Crippen molar-refractivity contribution >= 4 is 35.0 Å². The summed E-state index contributed by atoms with van der Waals surface area (Å²) in [5.74, 6) is -2.86. The highest BCUT2D eigenvalue weighted by Crippen LogP contribution is 2.55. The van der Waals surface area contributed by atoms with Gasteiger partial charge >= 0.3 is 0 Å². The van der Waals surface area contributed by atoms with E-state index in [0.29, 0.717) is 22.7 Å². The number of hydrogen-bond acceptors (Lipinski definition) is 5. The molecule has 0 bridgehead atoms. The second kappa shape index (κ2) is 6.27. The number of nitrogens with one attached hydrogen (secondary N) is 2. The van der Waals surface area contributed by atoms with Gasteiger partial charge in [-0.3, -0.25) is 24.6 Å². The van der Waals surface area contributed by atoms with Crippen LogP contribution in [0.1, 0.15) is 38.3 Å². The van der Waals surface area contributed by atoms with E-state index in [0.717, 1.165) is 5.56 Å². The number of aliphatic hydroxyl groups is 1. The Labute approximate surface area is 168 Å². The van der Waals surface area contributed by atoms with E-state index in [2.05, 4.69) is 10.6 Å². The van der Waals surface area contributed by atoms with Crippen LogP contribution in [0.25, 0.3) is 0 Å². The summed E-state index contributed by atoms with van der Waals surface area (Å²) >= 11 is 6.36. The molecule has 150 valence electrons. The van der Waals surface area contributed by atoms with Crippen molar-refractivity contribution < 1.29 is 19.5 Å². The van der Waals surface area contributed by atoms with Crippen molar-refractivity contribution in [3.8, 4) is 0 Å². The molecule has 1 aromatic rings. The third-order valence-corrected chi connectivity index (χ3v) is 6.74. The predicted molar refractivity (Wildman–Crippen MR) is 104 cm³/mol. The van der Waals surface area contributed by atoms with Crippen LogP contribution >= 0.6 is 11.6 Å². The van der Waals surface area contributed by atoms with E-state index in [4.69, 9.17) is 11.6 Å². The van der Waals surface area contributed by atoms with Gasteiger partial charge in [-0.1, -0.05) is 24.6 Å². The Balaban J connectivity index is 1.94. The van der Waals surface area contributed by atoms with Gasteiger partial charge in [0.15, 0.2) is 0 Å². The maximum atomic E-state index is 13.4. The van der Waals surface area contributed by atoms with Gasteiger partial charge < -0.3 is 10.4 Å². The molecule has 4 rings (SSSR count).